The number of hydrogen-bond donors (Lipinski definition) is 1. The monoisotopic (exact) mass is 330 g/mol. The summed E-state index contributed by atoms with van der Waals surface area (Å²) in [4.78, 5) is 0. The molecule has 0 atom stereocenters. The molecule has 23 heavy (non-hydrogen) atoms. The maximum absolute atomic E-state index is 5.66. The van der Waals surface area contributed by atoms with Crippen molar-refractivity contribution < 1.29 is 14.0 Å². The zero-order valence-corrected chi connectivity index (χ0v) is 14.6. The Kier molecular flexibility index (Phi) is 7.01. The summed E-state index contributed by atoms with van der Waals surface area (Å²) in [5, 5.41) is 0. The molecule has 0 spiro atoms. The van der Waals surface area contributed by atoms with Crippen LogP contribution in [0, 0.1) is 0 Å². The minimum absolute atomic E-state index is 0.622. The fourth-order valence-corrected chi connectivity index (χ4v) is 2.44. The summed E-state index contributed by atoms with van der Waals surface area (Å²) in [6, 6.07) is 10.2. The standard InChI is InChI=1S/C19H23NO2S/c1-3-21-18-8-7-17(15-19(18)22-4-2)6-5-16-9-11-20(12-10-16)13-14-23/h5-12,15H,3-4,13-14H2,1-2H3/p+1/b6-5+. The lowest BCUT2D eigenvalue weighted by atomic mass is 10.1. The predicted octanol–water partition coefficient (Wildman–Crippen LogP) is 3.87. The third-order valence-electron chi connectivity index (χ3n) is 3.31. The van der Waals surface area contributed by atoms with Crippen molar-refractivity contribution >= 4 is 24.8 Å². The topological polar surface area (TPSA) is 22.3 Å². The van der Waals surface area contributed by atoms with Crippen LogP contribution in [0.4, 0.5) is 0 Å². The van der Waals surface area contributed by atoms with E-state index in [9.17, 15) is 0 Å². The average molecular weight is 330 g/mol. The molecule has 1 aromatic heterocycles. The van der Waals surface area contributed by atoms with Gasteiger partial charge in [-0.25, -0.2) is 4.57 Å². The molecule has 0 unspecified atom stereocenters. The quantitative estimate of drug-likeness (QED) is 0.586. The Morgan fingerprint density at radius 1 is 0.913 bits per heavy atom. The molecule has 0 bridgehead atoms. The normalized spacial score (nSPS) is 10.9. The largest absolute Gasteiger partial charge is 0.490 e. The highest BCUT2D eigenvalue weighted by Gasteiger charge is 2.05. The fourth-order valence-electron chi connectivity index (χ4n) is 2.21. The Labute approximate surface area is 144 Å². The van der Waals surface area contributed by atoms with Gasteiger partial charge in [-0.15, -0.1) is 0 Å². The van der Waals surface area contributed by atoms with Crippen LogP contribution in [0.25, 0.3) is 12.2 Å². The van der Waals surface area contributed by atoms with Gasteiger partial charge in [0, 0.05) is 17.9 Å². The average Bonchev–Trinajstić information content (AvgIpc) is 2.57. The highest BCUT2D eigenvalue weighted by atomic mass is 32.1. The molecular formula is C19H24NO2S+. The Balaban J connectivity index is 2.13. The van der Waals surface area contributed by atoms with Gasteiger partial charge in [0.1, 0.15) is 0 Å². The van der Waals surface area contributed by atoms with Crippen LogP contribution in [0.1, 0.15) is 25.0 Å². The molecule has 0 aliphatic rings. The molecule has 2 rings (SSSR count). The summed E-state index contributed by atoms with van der Waals surface area (Å²) in [6.45, 7) is 6.12. The number of thiol groups is 1. The summed E-state index contributed by atoms with van der Waals surface area (Å²) >= 11 is 4.24. The second-order valence-corrected chi connectivity index (χ2v) is 5.45. The van der Waals surface area contributed by atoms with Crippen molar-refractivity contribution in [2.75, 3.05) is 19.0 Å². The SMILES string of the molecule is CCOc1ccc(/C=C/c2cc[n+](CCS)cc2)cc1OCC. The highest BCUT2D eigenvalue weighted by molar-refractivity contribution is 7.80. The van der Waals surface area contributed by atoms with Crippen LogP contribution in [0.15, 0.2) is 42.7 Å². The third-order valence-corrected chi connectivity index (χ3v) is 3.51. The Hall–Kier alpha value is -1.94. The van der Waals surface area contributed by atoms with E-state index in [1.54, 1.807) is 0 Å². The van der Waals surface area contributed by atoms with Gasteiger partial charge >= 0.3 is 0 Å². The molecule has 0 fully saturated rings. The molecule has 0 radical (unpaired) electrons. The van der Waals surface area contributed by atoms with Gasteiger partial charge in [0.25, 0.3) is 0 Å². The number of nitrogens with zero attached hydrogens (tertiary/aromatic N) is 1. The summed E-state index contributed by atoms with van der Waals surface area (Å²) in [6.07, 6.45) is 8.31. The summed E-state index contributed by atoms with van der Waals surface area (Å²) < 4.78 is 13.4. The van der Waals surface area contributed by atoms with Crippen LogP contribution in [0.5, 0.6) is 11.5 Å². The first-order valence-electron chi connectivity index (χ1n) is 7.94. The number of benzene rings is 1. The van der Waals surface area contributed by atoms with Crippen molar-refractivity contribution in [1.82, 2.24) is 0 Å². The van der Waals surface area contributed by atoms with Gasteiger partial charge in [0.05, 0.1) is 13.2 Å². The highest BCUT2D eigenvalue weighted by Crippen LogP contribution is 2.29. The summed E-state index contributed by atoms with van der Waals surface area (Å²) in [7, 11) is 0. The third kappa shape index (κ3) is 5.32. The van der Waals surface area contributed by atoms with Gasteiger partial charge in [0.2, 0.25) is 0 Å². The van der Waals surface area contributed by atoms with Gasteiger partial charge in [-0.2, -0.15) is 12.6 Å². The molecule has 122 valence electrons. The number of aryl methyl sites for hydroxylation is 1. The maximum Gasteiger partial charge on any atom is 0.169 e. The second-order valence-electron chi connectivity index (χ2n) is 5.00. The van der Waals surface area contributed by atoms with E-state index in [-0.39, 0.29) is 0 Å². The van der Waals surface area contributed by atoms with Crippen molar-refractivity contribution in [2.24, 2.45) is 0 Å². The molecule has 2 aromatic rings. The van der Waals surface area contributed by atoms with E-state index in [4.69, 9.17) is 9.47 Å². The minimum Gasteiger partial charge on any atom is -0.490 e. The van der Waals surface area contributed by atoms with Gasteiger partial charge < -0.3 is 9.47 Å². The number of rotatable bonds is 8. The Morgan fingerprint density at radius 2 is 1.57 bits per heavy atom. The lowest BCUT2D eigenvalue weighted by Gasteiger charge is -2.11. The second kappa shape index (κ2) is 9.26. The maximum atomic E-state index is 5.66. The van der Waals surface area contributed by atoms with E-state index in [0.29, 0.717) is 13.2 Å². The van der Waals surface area contributed by atoms with Gasteiger partial charge in [-0.3, -0.25) is 0 Å². The van der Waals surface area contributed by atoms with Crippen LogP contribution in [0.2, 0.25) is 0 Å². The van der Waals surface area contributed by atoms with E-state index in [0.717, 1.165) is 34.9 Å². The minimum atomic E-state index is 0.622. The van der Waals surface area contributed by atoms with E-state index in [2.05, 4.69) is 53.9 Å². The van der Waals surface area contributed by atoms with Crippen molar-refractivity contribution in [1.29, 1.82) is 0 Å². The van der Waals surface area contributed by atoms with Crippen LogP contribution < -0.4 is 14.0 Å². The van der Waals surface area contributed by atoms with Crippen LogP contribution in [0.3, 0.4) is 0 Å². The lowest BCUT2D eigenvalue weighted by Crippen LogP contribution is -2.33. The molecule has 0 aliphatic carbocycles. The smallest absolute Gasteiger partial charge is 0.169 e. The van der Waals surface area contributed by atoms with Crippen molar-refractivity contribution in [3.8, 4) is 11.5 Å². The van der Waals surface area contributed by atoms with Gasteiger partial charge in [0.15, 0.2) is 30.4 Å². The summed E-state index contributed by atoms with van der Waals surface area (Å²) in [5.41, 5.74) is 2.25. The predicted molar refractivity (Wildman–Crippen MR) is 98.2 cm³/mol. The molecule has 1 heterocycles. The van der Waals surface area contributed by atoms with E-state index >= 15 is 0 Å². The molecule has 0 saturated carbocycles. The summed E-state index contributed by atoms with van der Waals surface area (Å²) in [5.74, 6) is 2.42. The molecule has 0 saturated heterocycles. The number of hydrogen-bond acceptors (Lipinski definition) is 3. The first kappa shape index (κ1) is 17.4. The van der Waals surface area contributed by atoms with Gasteiger partial charge in [-0.1, -0.05) is 18.2 Å². The number of ether oxygens (including phenoxy) is 2. The number of aromatic nitrogens is 1. The van der Waals surface area contributed by atoms with E-state index in [1.807, 2.05) is 32.0 Å². The van der Waals surface area contributed by atoms with Crippen molar-refractivity contribution in [2.45, 2.75) is 20.4 Å². The van der Waals surface area contributed by atoms with Crippen molar-refractivity contribution in [3.63, 3.8) is 0 Å². The fraction of sp³-hybridized carbons (Fsp3) is 0.316. The molecule has 1 aromatic carbocycles. The van der Waals surface area contributed by atoms with Crippen molar-refractivity contribution in [3.05, 3.63) is 53.9 Å². The van der Waals surface area contributed by atoms with E-state index < -0.39 is 0 Å². The lowest BCUT2D eigenvalue weighted by molar-refractivity contribution is -0.692. The first-order chi connectivity index (χ1) is 11.3. The molecule has 4 heteroatoms. The van der Waals surface area contributed by atoms with Crippen LogP contribution in [-0.4, -0.2) is 19.0 Å². The molecule has 0 N–H and O–H groups in total. The van der Waals surface area contributed by atoms with Crippen LogP contribution in [-0.2, 0) is 6.54 Å². The zero-order valence-electron chi connectivity index (χ0n) is 13.7. The molecular weight excluding hydrogens is 306 g/mol. The Morgan fingerprint density at radius 3 is 2.22 bits per heavy atom. The van der Waals surface area contributed by atoms with Gasteiger partial charge in [-0.05, 0) is 37.1 Å². The molecule has 0 aliphatic heterocycles. The molecule has 0 amide bonds. The zero-order chi connectivity index (χ0) is 16.5. The van der Waals surface area contributed by atoms with E-state index in [1.165, 1.54) is 0 Å². The first-order valence-corrected chi connectivity index (χ1v) is 8.57. The van der Waals surface area contributed by atoms with Crippen LogP contribution >= 0.6 is 12.6 Å². The Bertz CT molecular complexity index is 638. The molecule has 3 nitrogen and oxygen atoms in total. The number of pyridine rings is 1.